The summed E-state index contributed by atoms with van der Waals surface area (Å²) < 4.78 is 0. The van der Waals surface area contributed by atoms with Crippen LogP contribution >= 0.6 is 0 Å². The first-order valence-electron chi connectivity index (χ1n) is 11.2. The standard InChI is InChI=1S/C23H45N/c1-17(2)19(5)24(20(6)18(3)4)23-14-12-22(13-15-23)16-21-10-8-7-9-11-21/h17-23H,7-16H2,1-6H3. The van der Waals surface area contributed by atoms with E-state index in [0.717, 1.165) is 29.7 Å². The van der Waals surface area contributed by atoms with E-state index < -0.39 is 0 Å². The molecular formula is C23H45N. The molecule has 1 heteroatoms. The zero-order chi connectivity index (χ0) is 17.7. The number of hydrogen-bond donors (Lipinski definition) is 0. The summed E-state index contributed by atoms with van der Waals surface area (Å²) in [6.45, 7) is 14.5. The smallest absolute Gasteiger partial charge is 0.0101 e. The van der Waals surface area contributed by atoms with E-state index in [0.29, 0.717) is 12.1 Å². The van der Waals surface area contributed by atoms with Crippen molar-refractivity contribution in [3.8, 4) is 0 Å². The summed E-state index contributed by atoms with van der Waals surface area (Å²) in [7, 11) is 0. The number of rotatable bonds is 7. The first kappa shape index (κ1) is 20.3. The number of hydrogen-bond acceptors (Lipinski definition) is 1. The SMILES string of the molecule is CC(C)C(C)N(C1CCC(CC2CCCCC2)CC1)C(C)C(C)C. The van der Waals surface area contributed by atoms with E-state index in [1.807, 2.05) is 0 Å². The van der Waals surface area contributed by atoms with Crippen molar-refractivity contribution in [3.05, 3.63) is 0 Å². The van der Waals surface area contributed by atoms with Crippen molar-refractivity contribution in [1.29, 1.82) is 0 Å². The summed E-state index contributed by atoms with van der Waals surface area (Å²) in [4.78, 5) is 2.91. The van der Waals surface area contributed by atoms with Crippen LogP contribution in [0, 0.1) is 23.7 Å². The minimum absolute atomic E-state index is 0.710. The van der Waals surface area contributed by atoms with Gasteiger partial charge in [0.2, 0.25) is 0 Å². The maximum absolute atomic E-state index is 2.91. The fourth-order valence-electron chi connectivity index (χ4n) is 5.30. The Morgan fingerprint density at radius 3 is 1.54 bits per heavy atom. The van der Waals surface area contributed by atoms with Crippen molar-refractivity contribution in [2.75, 3.05) is 0 Å². The van der Waals surface area contributed by atoms with E-state index in [1.54, 1.807) is 6.42 Å². The summed E-state index contributed by atoms with van der Waals surface area (Å²) in [6, 6.07) is 2.26. The third-order valence-corrected chi connectivity index (χ3v) is 7.50. The van der Waals surface area contributed by atoms with Crippen molar-refractivity contribution in [2.24, 2.45) is 23.7 Å². The van der Waals surface area contributed by atoms with Crippen LogP contribution in [0.3, 0.4) is 0 Å². The third kappa shape index (κ3) is 5.48. The normalized spacial score (nSPS) is 29.4. The molecule has 2 aliphatic rings. The fraction of sp³-hybridized carbons (Fsp3) is 1.00. The van der Waals surface area contributed by atoms with Gasteiger partial charge in [-0.3, -0.25) is 4.90 Å². The zero-order valence-electron chi connectivity index (χ0n) is 17.6. The van der Waals surface area contributed by atoms with Gasteiger partial charge in [-0.1, -0.05) is 59.8 Å². The molecule has 0 heterocycles. The first-order chi connectivity index (χ1) is 11.4. The Hall–Kier alpha value is -0.0400. The fourth-order valence-corrected chi connectivity index (χ4v) is 5.30. The molecule has 0 spiro atoms. The maximum Gasteiger partial charge on any atom is 0.0101 e. The minimum Gasteiger partial charge on any atom is -0.295 e. The van der Waals surface area contributed by atoms with E-state index >= 15 is 0 Å². The highest BCUT2D eigenvalue weighted by atomic mass is 15.2. The van der Waals surface area contributed by atoms with Crippen molar-refractivity contribution in [2.45, 2.75) is 124 Å². The van der Waals surface area contributed by atoms with Gasteiger partial charge in [-0.25, -0.2) is 0 Å². The lowest BCUT2D eigenvalue weighted by Gasteiger charge is -2.47. The summed E-state index contributed by atoms with van der Waals surface area (Å²) >= 11 is 0. The van der Waals surface area contributed by atoms with E-state index in [1.165, 1.54) is 57.8 Å². The topological polar surface area (TPSA) is 3.24 Å². The Kier molecular flexibility index (Phi) is 8.11. The summed E-state index contributed by atoms with van der Waals surface area (Å²) in [5, 5.41) is 0. The van der Waals surface area contributed by atoms with Gasteiger partial charge in [-0.2, -0.15) is 0 Å². The molecule has 2 unspecified atom stereocenters. The van der Waals surface area contributed by atoms with Crippen LogP contribution < -0.4 is 0 Å². The molecule has 1 nitrogen and oxygen atoms in total. The molecule has 0 amide bonds. The first-order valence-corrected chi connectivity index (χ1v) is 11.2. The molecule has 0 bridgehead atoms. The van der Waals surface area contributed by atoms with Gasteiger partial charge in [0, 0.05) is 18.1 Å². The molecule has 2 aliphatic carbocycles. The maximum atomic E-state index is 2.91. The van der Waals surface area contributed by atoms with Gasteiger partial charge in [-0.05, 0) is 69.6 Å². The summed E-state index contributed by atoms with van der Waals surface area (Å²) in [5.74, 6) is 3.62. The Balaban J connectivity index is 1.89. The van der Waals surface area contributed by atoms with Gasteiger partial charge in [0.1, 0.15) is 0 Å². The summed E-state index contributed by atoms with van der Waals surface area (Å²) in [5.41, 5.74) is 0. The predicted molar refractivity (Wildman–Crippen MR) is 107 cm³/mol. The largest absolute Gasteiger partial charge is 0.295 e. The lowest BCUT2D eigenvalue weighted by Crippen LogP contribution is -2.52. The van der Waals surface area contributed by atoms with Crippen LogP contribution in [0.15, 0.2) is 0 Å². The van der Waals surface area contributed by atoms with Gasteiger partial charge in [0.15, 0.2) is 0 Å². The molecule has 2 fully saturated rings. The Bertz CT molecular complexity index is 320. The molecule has 0 radical (unpaired) electrons. The van der Waals surface area contributed by atoms with E-state index in [-0.39, 0.29) is 0 Å². The van der Waals surface area contributed by atoms with Crippen LogP contribution in [0.4, 0.5) is 0 Å². The van der Waals surface area contributed by atoms with E-state index in [2.05, 4.69) is 46.4 Å². The highest BCUT2D eigenvalue weighted by molar-refractivity contribution is 4.88. The second kappa shape index (κ2) is 9.60. The Morgan fingerprint density at radius 2 is 1.08 bits per heavy atom. The van der Waals surface area contributed by atoms with Crippen LogP contribution in [0.2, 0.25) is 0 Å². The van der Waals surface area contributed by atoms with Gasteiger partial charge in [0.25, 0.3) is 0 Å². The highest BCUT2D eigenvalue weighted by Gasteiger charge is 2.34. The molecule has 0 aromatic heterocycles. The van der Waals surface area contributed by atoms with E-state index in [4.69, 9.17) is 0 Å². The predicted octanol–water partition coefficient (Wildman–Crippen LogP) is 6.91. The average Bonchev–Trinajstić information content (AvgIpc) is 2.57. The molecule has 2 saturated carbocycles. The van der Waals surface area contributed by atoms with Crippen LogP contribution in [0.25, 0.3) is 0 Å². The second-order valence-corrected chi connectivity index (χ2v) is 9.83. The second-order valence-electron chi connectivity index (χ2n) is 9.83. The number of nitrogens with zero attached hydrogens (tertiary/aromatic N) is 1. The van der Waals surface area contributed by atoms with Crippen LogP contribution in [0.1, 0.15) is 106 Å². The van der Waals surface area contributed by atoms with Gasteiger partial charge >= 0.3 is 0 Å². The molecule has 142 valence electrons. The van der Waals surface area contributed by atoms with E-state index in [9.17, 15) is 0 Å². The quantitative estimate of drug-likeness (QED) is 0.488. The molecular weight excluding hydrogens is 290 g/mol. The molecule has 2 rings (SSSR count). The lowest BCUT2D eigenvalue weighted by atomic mass is 9.76. The van der Waals surface area contributed by atoms with Crippen LogP contribution in [0.5, 0.6) is 0 Å². The molecule has 0 saturated heterocycles. The highest BCUT2D eigenvalue weighted by Crippen LogP contribution is 2.38. The lowest BCUT2D eigenvalue weighted by molar-refractivity contribution is 0.0212. The minimum atomic E-state index is 0.710. The van der Waals surface area contributed by atoms with Crippen molar-refractivity contribution in [3.63, 3.8) is 0 Å². The summed E-state index contributed by atoms with van der Waals surface area (Å²) in [6.07, 6.45) is 15.0. The Labute approximate surface area is 153 Å². The molecule has 0 aromatic carbocycles. The average molecular weight is 336 g/mol. The van der Waals surface area contributed by atoms with Crippen molar-refractivity contribution in [1.82, 2.24) is 4.90 Å². The molecule has 0 N–H and O–H groups in total. The molecule has 2 atom stereocenters. The van der Waals surface area contributed by atoms with Gasteiger partial charge in [0.05, 0.1) is 0 Å². The molecule has 0 aromatic rings. The van der Waals surface area contributed by atoms with Gasteiger partial charge in [-0.15, -0.1) is 0 Å². The van der Waals surface area contributed by atoms with Crippen LogP contribution in [-0.4, -0.2) is 23.0 Å². The zero-order valence-corrected chi connectivity index (χ0v) is 17.6. The van der Waals surface area contributed by atoms with Crippen molar-refractivity contribution < 1.29 is 0 Å². The van der Waals surface area contributed by atoms with Gasteiger partial charge < -0.3 is 0 Å². The molecule has 24 heavy (non-hydrogen) atoms. The monoisotopic (exact) mass is 335 g/mol. The Morgan fingerprint density at radius 1 is 0.625 bits per heavy atom. The van der Waals surface area contributed by atoms with Crippen molar-refractivity contribution >= 4 is 0 Å². The van der Waals surface area contributed by atoms with Crippen LogP contribution in [-0.2, 0) is 0 Å². The third-order valence-electron chi connectivity index (χ3n) is 7.50. The molecule has 0 aliphatic heterocycles.